The summed E-state index contributed by atoms with van der Waals surface area (Å²) in [4.78, 5) is 16.8. The summed E-state index contributed by atoms with van der Waals surface area (Å²) in [7, 11) is 1.63. The first kappa shape index (κ1) is 12.5. The first-order chi connectivity index (χ1) is 10.3. The van der Waals surface area contributed by atoms with Gasteiger partial charge in [-0.3, -0.25) is 4.79 Å². The number of ether oxygens (including phenoxy) is 1. The van der Waals surface area contributed by atoms with Crippen molar-refractivity contribution < 1.29 is 9.53 Å². The van der Waals surface area contributed by atoms with Gasteiger partial charge in [-0.1, -0.05) is 11.3 Å². The van der Waals surface area contributed by atoms with Crippen LogP contribution in [0.15, 0.2) is 24.3 Å². The molecule has 4 rings (SSSR count). The van der Waals surface area contributed by atoms with Crippen molar-refractivity contribution in [2.45, 2.75) is 18.8 Å². The van der Waals surface area contributed by atoms with Crippen LogP contribution in [0.3, 0.4) is 0 Å². The molecule has 106 valence electrons. The van der Waals surface area contributed by atoms with Gasteiger partial charge in [-0.05, 0) is 37.1 Å². The Kier molecular flexibility index (Phi) is 2.78. The highest BCUT2D eigenvalue weighted by atomic mass is 32.1. The summed E-state index contributed by atoms with van der Waals surface area (Å²) in [6.45, 7) is 0. The highest BCUT2D eigenvalue weighted by molar-refractivity contribution is 7.16. The summed E-state index contributed by atoms with van der Waals surface area (Å²) in [5, 5.41) is 5.63. The quantitative estimate of drug-likeness (QED) is 0.694. The van der Waals surface area contributed by atoms with Gasteiger partial charge in [-0.25, -0.2) is 4.98 Å². The van der Waals surface area contributed by atoms with Crippen molar-refractivity contribution in [3.05, 3.63) is 35.0 Å². The molecule has 0 bridgehead atoms. The van der Waals surface area contributed by atoms with Crippen molar-refractivity contribution in [3.8, 4) is 17.0 Å². The van der Waals surface area contributed by atoms with Crippen LogP contribution in [0.5, 0.6) is 5.75 Å². The number of benzene rings is 1. The molecule has 0 atom stereocenters. The Morgan fingerprint density at radius 3 is 2.71 bits per heavy atom. The number of carbonyl (C=O) groups excluding carboxylic acids is 1. The summed E-state index contributed by atoms with van der Waals surface area (Å²) in [5.74, 6) is 1.35. The fourth-order valence-electron chi connectivity index (χ4n) is 2.34. The number of hydrogen-bond donors (Lipinski definition) is 0. The van der Waals surface area contributed by atoms with Gasteiger partial charge in [0.2, 0.25) is 4.96 Å². The molecule has 0 unspecified atom stereocenters. The highest BCUT2D eigenvalue weighted by Gasteiger charge is 2.29. The van der Waals surface area contributed by atoms with Gasteiger partial charge < -0.3 is 4.74 Å². The third-order valence-electron chi connectivity index (χ3n) is 3.66. The molecule has 21 heavy (non-hydrogen) atoms. The Morgan fingerprint density at radius 2 is 2.10 bits per heavy atom. The minimum absolute atomic E-state index is 0.512. The number of aromatic nitrogens is 3. The minimum atomic E-state index is 0.512. The zero-order valence-electron chi connectivity index (χ0n) is 11.4. The second-order valence-corrected chi connectivity index (χ2v) is 6.09. The van der Waals surface area contributed by atoms with E-state index in [0.29, 0.717) is 17.3 Å². The van der Waals surface area contributed by atoms with Crippen LogP contribution in [-0.4, -0.2) is 28.0 Å². The first-order valence-electron chi connectivity index (χ1n) is 6.79. The molecule has 2 heterocycles. The third-order valence-corrected chi connectivity index (χ3v) is 4.73. The molecule has 0 N–H and O–H groups in total. The van der Waals surface area contributed by atoms with Gasteiger partial charge in [-0.15, -0.1) is 0 Å². The molecule has 6 heteroatoms. The second-order valence-electron chi connectivity index (χ2n) is 5.10. The highest BCUT2D eigenvalue weighted by Crippen LogP contribution is 2.42. The van der Waals surface area contributed by atoms with E-state index in [0.717, 1.165) is 27.6 Å². The van der Waals surface area contributed by atoms with Crippen molar-refractivity contribution in [2.24, 2.45) is 0 Å². The van der Waals surface area contributed by atoms with E-state index in [9.17, 15) is 4.79 Å². The maximum Gasteiger partial charge on any atom is 0.213 e. The lowest BCUT2D eigenvalue weighted by molar-refractivity contribution is 0.111. The number of fused-ring (bicyclic) bond motifs is 1. The van der Waals surface area contributed by atoms with E-state index in [4.69, 9.17) is 4.74 Å². The lowest BCUT2D eigenvalue weighted by atomic mass is 10.1. The van der Waals surface area contributed by atoms with E-state index < -0.39 is 0 Å². The molecule has 0 radical (unpaired) electrons. The maximum atomic E-state index is 11.5. The summed E-state index contributed by atoms with van der Waals surface area (Å²) in [5.41, 5.74) is 2.08. The molecule has 3 aromatic rings. The maximum absolute atomic E-state index is 11.5. The molecule has 1 aliphatic carbocycles. The molecule has 0 aliphatic heterocycles. The van der Waals surface area contributed by atoms with E-state index >= 15 is 0 Å². The van der Waals surface area contributed by atoms with Gasteiger partial charge in [0.1, 0.15) is 22.1 Å². The Balaban J connectivity index is 1.83. The van der Waals surface area contributed by atoms with E-state index in [1.54, 1.807) is 23.0 Å². The SMILES string of the molecule is COc1ccc(-c2nc3sc(C4CC4)nn3c2C=O)cc1. The van der Waals surface area contributed by atoms with Crippen molar-refractivity contribution >= 4 is 22.6 Å². The third kappa shape index (κ3) is 2.03. The summed E-state index contributed by atoms with van der Waals surface area (Å²) < 4.78 is 6.82. The molecule has 1 saturated carbocycles. The van der Waals surface area contributed by atoms with Crippen molar-refractivity contribution in [2.75, 3.05) is 7.11 Å². The number of nitrogens with zero attached hydrogens (tertiary/aromatic N) is 3. The lowest BCUT2D eigenvalue weighted by Gasteiger charge is -2.01. The summed E-state index contributed by atoms with van der Waals surface area (Å²) in [6, 6.07) is 7.53. The molecule has 5 nitrogen and oxygen atoms in total. The molecular formula is C15H13N3O2S. The molecule has 0 spiro atoms. The van der Waals surface area contributed by atoms with Crippen LogP contribution in [0.2, 0.25) is 0 Å². The first-order valence-corrected chi connectivity index (χ1v) is 7.61. The predicted molar refractivity (Wildman–Crippen MR) is 80.2 cm³/mol. The zero-order valence-corrected chi connectivity index (χ0v) is 12.3. The van der Waals surface area contributed by atoms with Gasteiger partial charge in [0, 0.05) is 11.5 Å². The number of aldehydes is 1. The molecule has 1 aliphatic rings. The molecule has 0 amide bonds. The number of imidazole rings is 1. The van der Waals surface area contributed by atoms with Crippen LogP contribution in [0.1, 0.15) is 34.3 Å². The summed E-state index contributed by atoms with van der Waals surface area (Å²) >= 11 is 1.58. The summed E-state index contributed by atoms with van der Waals surface area (Å²) in [6.07, 6.45) is 3.22. The molecule has 2 aromatic heterocycles. The lowest BCUT2D eigenvalue weighted by Crippen LogP contribution is -1.94. The van der Waals surface area contributed by atoms with Gasteiger partial charge in [0.05, 0.1) is 7.11 Å². The number of methoxy groups -OCH3 is 1. The molecule has 0 saturated heterocycles. The van der Waals surface area contributed by atoms with Gasteiger partial charge in [-0.2, -0.15) is 9.61 Å². The molecule has 1 fully saturated rings. The van der Waals surface area contributed by atoms with Crippen molar-refractivity contribution in [1.82, 2.24) is 14.6 Å². The van der Waals surface area contributed by atoms with Crippen LogP contribution in [-0.2, 0) is 0 Å². The largest absolute Gasteiger partial charge is 0.497 e. The predicted octanol–water partition coefficient (Wildman–Crippen LogP) is 3.16. The topological polar surface area (TPSA) is 56.5 Å². The Labute approximate surface area is 125 Å². The monoisotopic (exact) mass is 299 g/mol. The van der Waals surface area contributed by atoms with Gasteiger partial charge in [0.15, 0.2) is 6.29 Å². The standard InChI is InChI=1S/C15H13N3O2S/c1-20-11-6-4-9(5-7-11)13-12(8-19)18-15(16-13)21-14(17-18)10-2-3-10/h4-8,10H,2-3H2,1H3. The average molecular weight is 299 g/mol. The number of carbonyl (C=O) groups is 1. The van der Waals surface area contributed by atoms with Crippen molar-refractivity contribution in [1.29, 1.82) is 0 Å². The Hall–Kier alpha value is -2.21. The number of hydrogen-bond acceptors (Lipinski definition) is 5. The minimum Gasteiger partial charge on any atom is -0.497 e. The van der Waals surface area contributed by atoms with Crippen molar-refractivity contribution in [3.63, 3.8) is 0 Å². The fourth-order valence-corrected chi connectivity index (χ4v) is 3.42. The van der Waals surface area contributed by atoms with E-state index in [1.807, 2.05) is 24.3 Å². The van der Waals surface area contributed by atoms with Gasteiger partial charge >= 0.3 is 0 Å². The van der Waals surface area contributed by atoms with Crippen LogP contribution >= 0.6 is 11.3 Å². The van der Waals surface area contributed by atoms with E-state index in [1.165, 1.54) is 12.8 Å². The fraction of sp³-hybridized carbons (Fsp3) is 0.267. The van der Waals surface area contributed by atoms with Crippen LogP contribution < -0.4 is 4.74 Å². The normalized spacial score (nSPS) is 14.5. The van der Waals surface area contributed by atoms with Gasteiger partial charge in [0.25, 0.3) is 0 Å². The zero-order chi connectivity index (χ0) is 14.4. The molecule has 1 aromatic carbocycles. The molecular weight excluding hydrogens is 286 g/mol. The second kappa shape index (κ2) is 4.66. The van der Waals surface area contributed by atoms with Crippen LogP contribution in [0.25, 0.3) is 16.2 Å². The smallest absolute Gasteiger partial charge is 0.213 e. The van der Waals surface area contributed by atoms with E-state index in [2.05, 4.69) is 10.1 Å². The van der Waals surface area contributed by atoms with E-state index in [-0.39, 0.29) is 0 Å². The Morgan fingerprint density at radius 1 is 1.33 bits per heavy atom. The van der Waals surface area contributed by atoms with Crippen LogP contribution in [0.4, 0.5) is 0 Å². The number of rotatable bonds is 4. The Bertz CT molecular complexity index is 815. The van der Waals surface area contributed by atoms with Crippen LogP contribution in [0, 0.1) is 0 Å². The average Bonchev–Trinajstić information content (AvgIpc) is 3.20.